The van der Waals surface area contributed by atoms with E-state index in [4.69, 9.17) is 16.3 Å². The quantitative estimate of drug-likeness (QED) is 0.759. The van der Waals surface area contributed by atoms with E-state index in [1.165, 1.54) is 0 Å². The van der Waals surface area contributed by atoms with Gasteiger partial charge in [0, 0.05) is 18.1 Å². The highest BCUT2D eigenvalue weighted by molar-refractivity contribution is 6.17. The van der Waals surface area contributed by atoms with Gasteiger partial charge in [0.1, 0.15) is 5.82 Å². The molecule has 0 bridgehead atoms. The molecule has 2 rings (SSSR count). The lowest BCUT2D eigenvalue weighted by Gasteiger charge is -2.37. The van der Waals surface area contributed by atoms with Gasteiger partial charge in [-0.25, -0.2) is 4.98 Å². The number of morpholine rings is 1. The number of rotatable bonds is 2. The third-order valence-corrected chi connectivity index (χ3v) is 3.36. The summed E-state index contributed by atoms with van der Waals surface area (Å²) in [6.07, 6.45) is 0.257. The van der Waals surface area contributed by atoms with Crippen molar-refractivity contribution in [3.8, 4) is 0 Å². The summed E-state index contributed by atoms with van der Waals surface area (Å²) in [6, 6.07) is 4.48. The highest BCUT2D eigenvalue weighted by Crippen LogP contribution is 2.22. The molecule has 0 radical (unpaired) electrons. The van der Waals surface area contributed by atoms with Gasteiger partial charge >= 0.3 is 0 Å². The van der Waals surface area contributed by atoms with Gasteiger partial charge in [-0.1, -0.05) is 0 Å². The third kappa shape index (κ3) is 2.90. The molecular formula is C13H19ClN2O. The molecule has 0 aromatic carbocycles. The monoisotopic (exact) mass is 254 g/mol. The van der Waals surface area contributed by atoms with Crippen LogP contribution in [0.5, 0.6) is 0 Å². The van der Waals surface area contributed by atoms with Crippen molar-refractivity contribution in [1.82, 2.24) is 4.98 Å². The lowest BCUT2D eigenvalue weighted by molar-refractivity contribution is 0.0340. The molecule has 0 spiro atoms. The molecule has 3 nitrogen and oxygen atoms in total. The maximum atomic E-state index is 5.90. The Morgan fingerprint density at radius 3 is 2.94 bits per heavy atom. The van der Waals surface area contributed by atoms with Crippen molar-refractivity contribution in [2.24, 2.45) is 0 Å². The van der Waals surface area contributed by atoms with Gasteiger partial charge in [0.15, 0.2) is 0 Å². The lowest BCUT2D eigenvalue weighted by Crippen LogP contribution is -2.47. The van der Waals surface area contributed by atoms with E-state index in [9.17, 15) is 0 Å². The zero-order valence-electron chi connectivity index (χ0n) is 10.6. The van der Waals surface area contributed by atoms with Crippen LogP contribution in [0.2, 0.25) is 0 Å². The summed E-state index contributed by atoms with van der Waals surface area (Å²) in [7, 11) is 0. The molecule has 1 saturated heterocycles. The largest absolute Gasteiger partial charge is 0.375 e. The van der Waals surface area contributed by atoms with Crippen molar-refractivity contribution in [2.75, 3.05) is 18.1 Å². The first-order chi connectivity index (χ1) is 8.10. The Bertz CT molecular complexity index is 397. The van der Waals surface area contributed by atoms with Crippen LogP contribution in [0.4, 0.5) is 5.82 Å². The molecule has 2 heterocycles. The summed E-state index contributed by atoms with van der Waals surface area (Å²) >= 11 is 5.90. The maximum Gasteiger partial charge on any atom is 0.129 e. The minimum absolute atomic E-state index is 0.257. The van der Waals surface area contributed by atoms with Crippen molar-refractivity contribution in [3.05, 3.63) is 23.4 Å². The summed E-state index contributed by atoms with van der Waals surface area (Å²) < 4.78 is 5.63. The van der Waals surface area contributed by atoms with Gasteiger partial charge in [-0.05, 0) is 38.5 Å². The zero-order valence-corrected chi connectivity index (χ0v) is 11.4. The van der Waals surface area contributed by atoms with Gasteiger partial charge in [0.05, 0.1) is 18.8 Å². The van der Waals surface area contributed by atoms with Gasteiger partial charge in [0.2, 0.25) is 0 Å². The van der Waals surface area contributed by atoms with Gasteiger partial charge in [-0.2, -0.15) is 0 Å². The van der Waals surface area contributed by atoms with Crippen LogP contribution in [-0.4, -0.2) is 30.3 Å². The number of ether oxygens (including phenoxy) is 1. The molecule has 17 heavy (non-hydrogen) atoms. The lowest BCUT2D eigenvalue weighted by atomic mass is 10.2. The fourth-order valence-corrected chi connectivity index (χ4v) is 2.32. The standard InChI is InChI=1S/C13H19ClN2O/c1-9-4-12(6-14)5-13(15-9)16-7-11(3)17-8-10(16)2/h4-5,10-11H,6-8H2,1-3H3. The summed E-state index contributed by atoms with van der Waals surface area (Å²) in [5.41, 5.74) is 2.14. The van der Waals surface area contributed by atoms with Crippen molar-refractivity contribution in [1.29, 1.82) is 0 Å². The predicted octanol–water partition coefficient (Wildman–Crippen LogP) is 2.74. The third-order valence-electron chi connectivity index (χ3n) is 3.06. The average Bonchev–Trinajstić information content (AvgIpc) is 2.31. The second-order valence-corrected chi connectivity index (χ2v) is 5.02. The van der Waals surface area contributed by atoms with Crippen LogP contribution in [0.3, 0.4) is 0 Å². The van der Waals surface area contributed by atoms with Crippen molar-refractivity contribution < 1.29 is 4.74 Å². The number of nitrogens with zero attached hydrogens (tertiary/aromatic N) is 2. The Morgan fingerprint density at radius 2 is 2.24 bits per heavy atom. The molecule has 94 valence electrons. The fraction of sp³-hybridized carbons (Fsp3) is 0.615. The Hall–Kier alpha value is -0.800. The van der Waals surface area contributed by atoms with Crippen LogP contribution in [0.25, 0.3) is 0 Å². The average molecular weight is 255 g/mol. The van der Waals surface area contributed by atoms with Crippen LogP contribution in [0.1, 0.15) is 25.1 Å². The van der Waals surface area contributed by atoms with Crippen molar-refractivity contribution in [3.63, 3.8) is 0 Å². The van der Waals surface area contributed by atoms with E-state index in [2.05, 4.69) is 29.8 Å². The molecule has 4 heteroatoms. The van der Waals surface area contributed by atoms with E-state index >= 15 is 0 Å². The highest BCUT2D eigenvalue weighted by Gasteiger charge is 2.24. The van der Waals surface area contributed by atoms with Crippen LogP contribution in [0, 0.1) is 6.92 Å². The van der Waals surface area contributed by atoms with Crippen molar-refractivity contribution in [2.45, 2.75) is 38.8 Å². The second-order valence-electron chi connectivity index (χ2n) is 4.75. The fourth-order valence-electron chi connectivity index (χ4n) is 2.17. The molecule has 2 unspecified atom stereocenters. The molecule has 0 aliphatic carbocycles. The molecule has 0 amide bonds. The van der Waals surface area contributed by atoms with E-state index in [-0.39, 0.29) is 6.10 Å². The SMILES string of the molecule is Cc1cc(CCl)cc(N2CC(C)OCC2C)n1. The first kappa shape index (κ1) is 12.7. The summed E-state index contributed by atoms with van der Waals surface area (Å²) in [5.74, 6) is 1.55. The number of anilines is 1. The van der Waals surface area contributed by atoms with E-state index in [0.29, 0.717) is 11.9 Å². The molecule has 1 aromatic heterocycles. The predicted molar refractivity (Wildman–Crippen MR) is 70.8 cm³/mol. The van der Waals surface area contributed by atoms with E-state index in [0.717, 1.165) is 30.2 Å². The Kier molecular flexibility index (Phi) is 3.89. The second kappa shape index (κ2) is 5.23. The topological polar surface area (TPSA) is 25.4 Å². The van der Waals surface area contributed by atoms with Gasteiger partial charge < -0.3 is 9.64 Å². The number of aryl methyl sites for hydroxylation is 1. The minimum atomic E-state index is 0.257. The van der Waals surface area contributed by atoms with Gasteiger partial charge in [-0.3, -0.25) is 0 Å². The number of hydrogen-bond acceptors (Lipinski definition) is 3. The molecule has 1 aliphatic rings. The number of aromatic nitrogens is 1. The number of pyridine rings is 1. The molecule has 2 atom stereocenters. The van der Waals surface area contributed by atoms with Crippen LogP contribution in [0.15, 0.2) is 12.1 Å². The first-order valence-electron chi connectivity index (χ1n) is 6.02. The molecular weight excluding hydrogens is 236 g/mol. The van der Waals surface area contributed by atoms with E-state index < -0.39 is 0 Å². The zero-order chi connectivity index (χ0) is 12.4. The van der Waals surface area contributed by atoms with E-state index in [1.54, 1.807) is 0 Å². The number of alkyl halides is 1. The molecule has 1 fully saturated rings. The highest BCUT2D eigenvalue weighted by atomic mass is 35.5. The Labute approximate surface area is 108 Å². The molecule has 0 N–H and O–H groups in total. The number of hydrogen-bond donors (Lipinski definition) is 0. The Balaban J connectivity index is 2.28. The van der Waals surface area contributed by atoms with Gasteiger partial charge in [0.25, 0.3) is 0 Å². The van der Waals surface area contributed by atoms with Crippen LogP contribution in [-0.2, 0) is 10.6 Å². The van der Waals surface area contributed by atoms with Gasteiger partial charge in [-0.15, -0.1) is 11.6 Å². The number of halogens is 1. The normalized spacial score (nSPS) is 25.1. The summed E-state index contributed by atoms with van der Waals surface area (Å²) in [5, 5.41) is 0. The molecule has 0 saturated carbocycles. The summed E-state index contributed by atoms with van der Waals surface area (Å²) in [6.45, 7) is 7.91. The van der Waals surface area contributed by atoms with E-state index in [1.807, 2.05) is 13.0 Å². The molecule has 1 aromatic rings. The summed E-state index contributed by atoms with van der Waals surface area (Å²) in [4.78, 5) is 6.90. The Morgan fingerprint density at radius 1 is 1.47 bits per heavy atom. The maximum absolute atomic E-state index is 5.90. The van der Waals surface area contributed by atoms with Crippen molar-refractivity contribution >= 4 is 17.4 Å². The van der Waals surface area contributed by atoms with Crippen LogP contribution < -0.4 is 4.90 Å². The molecule has 1 aliphatic heterocycles. The smallest absolute Gasteiger partial charge is 0.129 e. The van der Waals surface area contributed by atoms with Crippen LogP contribution >= 0.6 is 11.6 Å². The first-order valence-corrected chi connectivity index (χ1v) is 6.55. The minimum Gasteiger partial charge on any atom is -0.375 e.